The van der Waals surface area contributed by atoms with Gasteiger partial charge in [0.15, 0.2) is 0 Å². The molecule has 18 heavy (non-hydrogen) atoms. The Bertz CT molecular complexity index is 683. The maximum Gasteiger partial charge on any atom is 0.0494 e. The van der Waals surface area contributed by atoms with Gasteiger partial charge in [-0.2, -0.15) is 0 Å². The first kappa shape index (κ1) is 12.0. The zero-order valence-corrected chi connectivity index (χ0v) is 12.8. The molecule has 0 unspecified atom stereocenters. The van der Waals surface area contributed by atoms with Crippen molar-refractivity contribution in [3.8, 4) is 0 Å². The van der Waals surface area contributed by atoms with Gasteiger partial charge < -0.3 is 4.57 Å². The lowest BCUT2D eigenvalue weighted by atomic mass is 10.2. The van der Waals surface area contributed by atoms with E-state index in [4.69, 9.17) is 0 Å². The van der Waals surface area contributed by atoms with Crippen LogP contribution in [0.1, 0.15) is 5.56 Å². The van der Waals surface area contributed by atoms with Crippen molar-refractivity contribution in [2.75, 3.05) is 0 Å². The maximum absolute atomic E-state index is 3.53. The van der Waals surface area contributed by atoms with Crippen molar-refractivity contribution in [2.24, 2.45) is 0 Å². The predicted octanol–water partition coefficient (Wildman–Crippen LogP) is 5.21. The van der Waals surface area contributed by atoms with Gasteiger partial charge in [0.1, 0.15) is 0 Å². The Hall–Kier alpha value is -1.06. The Morgan fingerprint density at radius 3 is 2.33 bits per heavy atom. The van der Waals surface area contributed by atoms with Gasteiger partial charge >= 0.3 is 0 Å². The highest BCUT2D eigenvalue weighted by molar-refractivity contribution is 9.10. The lowest BCUT2D eigenvalue weighted by Gasteiger charge is -2.06. The molecule has 0 fully saturated rings. The van der Waals surface area contributed by atoms with Crippen molar-refractivity contribution < 1.29 is 0 Å². The molecule has 0 amide bonds. The van der Waals surface area contributed by atoms with Gasteiger partial charge in [-0.1, -0.05) is 50.1 Å². The lowest BCUT2D eigenvalue weighted by Crippen LogP contribution is -1.97. The monoisotopic (exact) mass is 363 g/mol. The summed E-state index contributed by atoms with van der Waals surface area (Å²) in [5.41, 5.74) is 2.56. The third-order valence-corrected chi connectivity index (χ3v) is 4.02. The van der Waals surface area contributed by atoms with Crippen molar-refractivity contribution in [3.63, 3.8) is 0 Å². The largest absolute Gasteiger partial charge is 0.343 e. The molecule has 0 saturated heterocycles. The minimum atomic E-state index is 0.896. The topological polar surface area (TPSA) is 4.93 Å². The van der Waals surface area contributed by atoms with E-state index in [0.29, 0.717) is 0 Å². The van der Waals surface area contributed by atoms with Crippen LogP contribution in [0.3, 0.4) is 0 Å². The third kappa shape index (κ3) is 2.38. The van der Waals surface area contributed by atoms with E-state index in [0.717, 1.165) is 15.5 Å². The molecule has 3 heteroatoms. The molecule has 1 nitrogen and oxygen atoms in total. The van der Waals surface area contributed by atoms with Crippen LogP contribution in [0.5, 0.6) is 0 Å². The van der Waals surface area contributed by atoms with E-state index < -0.39 is 0 Å². The van der Waals surface area contributed by atoms with Gasteiger partial charge in [0.25, 0.3) is 0 Å². The molecule has 0 aliphatic carbocycles. The SMILES string of the molecule is Brc1ccc(Cn2ccc3ccc(Br)cc32)cc1. The van der Waals surface area contributed by atoms with Crippen molar-refractivity contribution in [3.05, 3.63) is 69.2 Å². The number of halogens is 2. The number of benzene rings is 2. The maximum atomic E-state index is 3.53. The van der Waals surface area contributed by atoms with Crippen LogP contribution in [-0.2, 0) is 6.54 Å². The Morgan fingerprint density at radius 2 is 1.56 bits per heavy atom. The molecular weight excluding hydrogens is 354 g/mol. The normalized spacial score (nSPS) is 11.0. The van der Waals surface area contributed by atoms with Gasteiger partial charge in [0.2, 0.25) is 0 Å². The van der Waals surface area contributed by atoms with E-state index in [1.807, 2.05) is 0 Å². The number of aromatic nitrogens is 1. The van der Waals surface area contributed by atoms with Crippen LogP contribution in [0.4, 0.5) is 0 Å². The second kappa shape index (κ2) is 4.90. The molecule has 0 aliphatic heterocycles. The Balaban J connectivity index is 1.99. The summed E-state index contributed by atoms with van der Waals surface area (Å²) >= 11 is 6.99. The van der Waals surface area contributed by atoms with E-state index in [1.54, 1.807) is 0 Å². The fourth-order valence-electron chi connectivity index (χ4n) is 2.08. The van der Waals surface area contributed by atoms with Crippen LogP contribution in [-0.4, -0.2) is 4.57 Å². The molecule has 90 valence electrons. The molecule has 0 radical (unpaired) electrons. The number of hydrogen-bond acceptors (Lipinski definition) is 0. The van der Waals surface area contributed by atoms with Crippen LogP contribution >= 0.6 is 31.9 Å². The number of rotatable bonds is 2. The first-order chi connectivity index (χ1) is 8.72. The van der Waals surface area contributed by atoms with Gasteiger partial charge in [0.05, 0.1) is 0 Å². The van der Waals surface area contributed by atoms with Gasteiger partial charge in [0, 0.05) is 27.2 Å². The Morgan fingerprint density at radius 1 is 0.833 bits per heavy atom. The molecule has 0 bridgehead atoms. The zero-order chi connectivity index (χ0) is 12.5. The predicted molar refractivity (Wildman–Crippen MR) is 82.9 cm³/mol. The van der Waals surface area contributed by atoms with E-state index in [-0.39, 0.29) is 0 Å². The summed E-state index contributed by atoms with van der Waals surface area (Å²) in [6, 6.07) is 17.0. The summed E-state index contributed by atoms with van der Waals surface area (Å²) in [6.45, 7) is 0.896. The van der Waals surface area contributed by atoms with Crippen LogP contribution in [0.15, 0.2) is 63.7 Å². The summed E-state index contributed by atoms with van der Waals surface area (Å²) in [7, 11) is 0. The van der Waals surface area contributed by atoms with E-state index in [2.05, 4.69) is 91.2 Å². The van der Waals surface area contributed by atoms with E-state index in [9.17, 15) is 0 Å². The van der Waals surface area contributed by atoms with Crippen molar-refractivity contribution in [1.82, 2.24) is 4.57 Å². The summed E-state index contributed by atoms with van der Waals surface area (Å²) < 4.78 is 4.50. The molecule has 0 spiro atoms. The molecular formula is C15H11Br2N. The minimum absolute atomic E-state index is 0.896. The molecule has 3 aromatic rings. The summed E-state index contributed by atoms with van der Waals surface area (Å²) in [5, 5.41) is 1.27. The fourth-order valence-corrected chi connectivity index (χ4v) is 2.69. The van der Waals surface area contributed by atoms with Gasteiger partial charge in [-0.05, 0) is 41.3 Å². The molecule has 0 N–H and O–H groups in total. The molecule has 2 aromatic carbocycles. The van der Waals surface area contributed by atoms with Crippen LogP contribution < -0.4 is 0 Å². The van der Waals surface area contributed by atoms with Crippen LogP contribution in [0, 0.1) is 0 Å². The number of hydrogen-bond donors (Lipinski definition) is 0. The molecule has 3 rings (SSSR count). The first-order valence-electron chi connectivity index (χ1n) is 5.71. The molecule has 0 atom stereocenters. The fraction of sp³-hybridized carbons (Fsp3) is 0.0667. The van der Waals surface area contributed by atoms with E-state index >= 15 is 0 Å². The average molecular weight is 365 g/mol. The minimum Gasteiger partial charge on any atom is -0.343 e. The van der Waals surface area contributed by atoms with Crippen LogP contribution in [0.2, 0.25) is 0 Å². The van der Waals surface area contributed by atoms with Gasteiger partial charge in [-0.15, -0.1) is 0 Å². The van der Waals surface area contributed by atoms with Crippen LogP contribution in [0.25, 0.3) is 10.9 Å². The Kier molecular flexibility index (Phi) is 3.27. The van der Waals surface area contributed by atoms with Gasteiger partial charge in [-0.25, -0.2) is 0 Å². The Labute approximate surface area is 123 Å². The van der Waals surface area contributed by atoms with Gasteiger partial charge in [-0.3, -0.25) is 0 Å². The number of fused-ring (bicyclic) bond motifs is 1. The first-order valence-corrected chi connectivity index (χ1v) is 7.30. The average Bonchev–Trinajstić information content (AvgIpc) is 2.75. The van der Waals surface area contributed by atoms with Crippen molar-refractivity contribution in [2.45, 2.75) is 6.54 Å². The third-order valence-electron chi connectivity index (χ3n) is 3.00. The second-order valence-electron chi connectivity index (χ2n) is 4.27. The quantitative estimate of drug-likeness (QED) is 0.587. The van der Waals surface area contributed by atoms with E-state index in [1.165, 1.54) is 16.5 Å². The molecule has 1 aromatic heterocycles. The zero-order valence-electron chi connectivity index (χ0n) is 9.61. The lowest BCUT2D eigenvalue weighted by molar-refractivity contribution is 0.836. The summed E-state index contributed by atoms with van der Waals surface area (Å²) in [6.07, 6.45) is 2.14. The molecule has 0 aliphatic rings. The smallest absolute Gasteiger partial charge is 0.0494 e. The summed E-state index contributed by atoms with van der Waals surface area (Å²) in [4.78, 5) is 0. The molecule has 1 heterocycles. The highest BCUT2D eigenvalue weighted by Crippen LogP contribution is 2.22. The highest BCUT2D eigenvalue weighted by atomic mass is 79.9. The van der Waals surface area contributed by atoms with Crippen molar-refractivity contribution >= 4 is 42.8 Å². The standard InChI is InChI=1S/C15H11Br2N/c16-13-4-1-11(2-5-13)10-18-8-7-12-3-6-14(17)9-15(12)18/h1-9H,10H2. The highest BCUT2D eigenvalue weighted by Gasteiger charge is 2.02. The van der Waals surface area contributed by atoms with Crippen molar-refractivity contribution in [1.29, 1.82) is 0 Å². The second-order valence-corrected chi connectivity index (χ2v) is 6.10. The molecule has 0 saturated carbocycles. The summed E-state index contributed by atoms with van der Waals surface area (Å²) in [5.74, 6) is 0. The number of nitrogens with zero attached hydrogens (tertiary/aromatic N) is 1.